The van der Waals surface area contributed by atoms with Crippen LogP contribution in [0.2, 0.25) is 0 Å². The first-order chi connectivity index (χ1) is 11.2. The molecule has 0 saturated carbocycles. The number of aliphatic imine (C=N–C) groups is 1. The number of rotatable bonds is 5. The second kappa shape index (κ2) is 7.00. The minimum absolute atomic E-state index is 0.0233. The third-order valence-electron chi connectivity index (χ3n) is 3.80. The summed E-state index contributed by atoms with van der Waals surface area (Å²) in [4.78, 5) is 15.8. The molecule has 120 valence electrons. The Balaban J connectivity index is 1.48. The van der Waals surface area contributed by atoms with Crippen molar-refractivity contribution in [2.24, 2.45) is 10.7 Å². The average molecular weight is 312 g/mol. The Labute approximate surface area is 134 Å². The lowest BCUT2D eigenvalue weighted by Gasteiger charge is -2.08. The molecular weight excluding hydrogens is 292 g/mol. The lowest BCUT2D eigenvalue weighted by Crippen LogP contribution is -2.28. The largest absolute Gasteiger partial charge is 0.467 e. The Morgan fingerprint density at radius 3 is 2.96 bits per heavy atom. The fraction of sp³-hybridized carbons (Fsp3) is 0.294. The molecule has 0 unspecified atom stereocenters. The van der Waals surface area contributed by atoms with Gasteiger partial charge in [-0.3, -0.25) is 4.79 Å². The highest BCUT2D eigenvalue weighted by Gasteiger charge is 2.11. The number of benzene rings is 1. The normalized spacial score (nSPS) is 13.7. The summed E-state index contributed by atoms with van der Waals surface area (Å²) in [6, 6.07) is 9.78. The Hall–Kier alpha value is -2.76. The third kappa shape index (κ3) is 4.12. The van der Waals surface area contributed by atoms with Crippen LogP contribution in [0.4, 0.5) is 5.69 Å². The number of carbonyl (C=O) groups excluding carboxylic acids is 1. The molecule has 0 radical (unpaired) electrons. The summed E-state index contributed by atoms with van der Waals surface area (Å²) in [7, 11) is 0. The minimum Gasteiger partial charge on any atom is -0.467 e. The molecule has 23 heavy (non-hydrogen) atoms. The average Bonchev–Trinajstić information content (AvgIpc) is 3.21. The molecule has 0 saturated heterocycles. The summed E-state index contributed by atoms with van der Waals surface area (Å²) in [6.45, 7) is 0.323. The first-order valence-electron chi connectivity index (χ1n) is 7.68. The zero-order chi connectivity index (χ0) is 16.1. The van der Waals surface area contributed by atoms with Gasteiger partial charge in [0, 0.05) is 5.69 Å². The van der Waals surface area contributed by atoms with E-state index in [0.29, 0.717) is 12.3 Å². The molecule has 4 N–H and O–H groups in total. The van der Waals surface area contributed by atoms with E-state index in [1.165, 1.54) is 17.5 Å². The van der Waals surface area contributed by atoms with E-state index < -0.39 is 0 Å². The van der Waals surface area contributed by atoms with Gasteiger partial charge < -0.3 is 20.8 Å². The second-order valence-corrected chi connectivity index (χ2v) is 5.52. The van der Waals surface area contributed by atoms with Crippen LogP contribution in [0, 0.1) is 0 Å². The number of amides is 1. The molecule has 1 aliphatic carbocycles. The van der Waals surface area contributed by atoms with E-state index in [-0.39, 0.29) is 18.4 Å². The Morgan fingerprint density at radius 2 is 2.13 bits per heavy atom. The van der Waals surface area contributed by atoms with E-state index in [0.717, 1.165) is 18.5 Å². The number of hydrogen-bond acceptors (Lipinski definition) is 3. The van der Waals surface area contributed by atoms with Gasteiger partial charge in [0.1, 0.15) is 12.3 Å². The van der Waals surface area contributed by atoms with Crippen molar-refractivity contribution in [1.82, 2.24) is 5.32 Å². The van der Waals surface area contributed by atoms with Crippen LogP contribution in [0.5, 0.6) is 0 Å². The maximum atomic E-state index is 11.7. The number of hydrogen-bond donors (Lipinski definition) is 3. The maximum Gasteiger partial charge on any atom is 0.242 e. The number of nitrogens with one attached hydrogen (secondary N) is 2. The fourth-order valence-corrected chi connectivity index (χ4v) is 2.65. The van der Waals surface area contributed by atoms with Gasteiger partial charge in [0.25, 0.3) is 0 Å². The molecule has 3 rings (SSSR count). The van der Waals surface area contributed by atoms with Crippen molar-refractivity contribution < 1.29 is 9.21 Å². The summed E-state index contributed by atoms with van der Waals surface area (Å²) in [5.41, 5.74) is 9.50. The molecule has 6 heteroatoms. The standard InChI is InChI=1S/C17H20N4O2/c18-17(20-11-16(22)19-10-15-5-2-8-23-15)21-14-7-6-12-3-1-4-13(12)9-14/h2,5-9H,1,3-4,10-11H2,(H,19,22)(H3,18,20,21). The molecule has 6 nitrogen and oxygen atoms in total. The first-order valence-corrected chi connectivity index (χ1v) is 7.68. The van der Waals surface area contributed by atoms with Crippen LogP contribution in [0.3, 0.4) is 0 Å². The molecular formula is C17H20N4O2. The summed E-state index contributed by atoms with van der Waals surface area (Å²) >= 11 is 0. The molecule has 1 amide bonds. The van der Waals surface area contributed by atoms with Crippen LogP contribution in [0.15, 0.2) is 46.0 Å². The summed E-state index contributed by atoms with van der Waals surface area (Å²) in [6.07, 6.45) is 5.03. The molecule has 0 aliphatic heterocycles. The van der Waals surface area contributed by atoms with E-state index in [4.69, 9.17) is 10.2 Å². The Morgan fingerprint density at radius 1 is 1.26 bits per heavy atom. The fourth-order valence-electron chi connectivity index (χ4n) is 2.65. The van der Waals surface area contributed by atoms with Crippen LogP contribution in [-0.2, 0) is 24.2 Å². The molecule has 0 fully saturated rings. The Bertz CT molecular complexity index is 707. The van der Waals surface area contributed by atoms with Gasteiger partial charge in [-0.25, -0.2) is 4.99 Å². The van der Waals surface area contributed by atoms with Gasteiger partial charge in [0.15, 0.2) is 5.96 Å². The maximum absolute atomic E-state index is 11.7. The number of nitrogens with two attached hydrogens (primary N) is 1. The van der Waals surface area contributed by atoms with Crippen molar-refractivity contribution in [2.75, 3.05) is 11.9 Å². The number of furan rings is 1. The molecule has 1 aromatic carbocycles. The molecule has 0 bridgehead atoms. The Kier molecular flexibility index (Phi) is 4.61. The van der Waals surface area contributed by atoms with Gasteiger partial charge in [0.2, 0.25) is 5.91 Å². The van der Waals surface area contributed by atoms with Crippen molar-refractivity contribution in [3.63, 3.8) is 0 Å². The monoisotopic (exact) mass is 312 g/mol. The van der Waals surface area contributed by atoms with Crippen molar-refractivity contribution in [3.8, 4) is 0 Å². The molecule has 0 atom stereocenters. The number of carbonyl (C=O) groups is 1. The topological polar surface area (TPSA) is 92.6 Å². The lowest BCUT2D eigenvalue weighted by molar-refractivity contribution is -0.119. The SMILES string of the molecule is NC(=NCC(=O)NCc1ccco1)Nc1ccc2c(c1)CCC2. The van der Waals surface area contributed by atoms with Crippen LogP contribution >= 0.6 is 0 Å². The minimum atomic E-state index is -0.208. The molecule has 0 spiro atoms. The molecule has 1 heterocycles. The van der Waals surface area contributed by atoms with Gasteiger partial charge in [-0.1, -0.05) is 6.07 Å². The molecule has 1 aromatic heterocycles. The number of aryl methyl sites for hydroxylation is 2. The van der Waals surface area contributed by atoms with Crippen LogP contribution in [0.1, 0.15) is 23.3 Å². The van der Waals surface area contributed by atoms with Crippen molar-refractivity contribution in [2.45, 2.75) is 25.8 Å². The number of fused-ring (bicyclic) bond motifs is 1. The number of anilines is 1. The summed E-state index contributed by atoms with van der Waals surface area (Å²) in [5, 5.41) is 5.74. The van der Waals surface area contributed by atoms with Crippen LogP contribution in [-0.4, -0.2) is 18.4 Å². The summed E-state index contributed by atoms with van der Waals surface area (Å²) < 4.78 is 5.14. The highest BCUT2D eigenvalue weighted by atomic mass is 16.3. The predicted octanol–water partition coefficient (Wildman–Crippen LogP) is 1.81. The van der Waals surface area contributed by atoms with Crippen molar-refractivity contribution in [3.05, 3.63) is 53.5 Å². The van der Waals surface area contributed by atoms with Crippen LogP contribution in [0.25, 0.3) is 0 Å². The highest BCUT2D eigenvalue weighted by molar-refractivity contribution is 5.94. The van der Waals surface area contributed by atoms with E-state index in [1.54, 1.807) is 18.4 Å². The number of nitrogens with zero attached hydrogens (tertiary/aromatic N) is 1. The second-order valence-electron chi connectivity index (χ2n) is 5.52. The van der Waals surface area contributed by atoms with Crippen molar-refractivity contribution >= 4 is 17.6 Å². The van der Waals surface area contributed by atoms with Gasteiger partial charge in [-0.2, -0.15) is 0 Å². The van der Waals surface area contributed by atoms with Crippen LogP contribution < -0.4 is 16.4 Å². The number of guanidine groups is 1. The zero-order valence-corrected chi connectivity index (χ0v) is 12.8. The molecule has 1 aliphatic rings. The third-order valence-corrected chi connectivity index (χ3v) is 3.80. The van der Waals surface area contributed by atoms with E-state index in [1.807, 2.05) is 6.07 Å². The van der Waals surface area contributed by atoms with Gasteiger partial charge in [-0.05, 0) is 54.7 Å². The van der Waals surface area contributed by atoms with Gasteiger partial charge in [0.05, 0.1) is 12.8 Å². The van der Waals surface area contributed by atoms with E-state index in [2.05, 4.69) is 27.8 Å². The predicted molar refractivity (Wildman–Crippen MR) is 89.1 cm³/mol. The molecule has 2 aromatic rings. The van der Waals surface area contributed by atoms with E-state index in [9.17, 15) is 4.79 Å². The zero-order valence-electron chi connectivity index (χ0n) is 12.8. The van der Waals surface area contributed by atoms with Gasteiger partial charge >= 0.3 is 0 Å². The quantitative estimate of drug-likeness (QED) is 0.580. The summed E-state index contributed by atoms with van der Waals surface area (Å²) in [5.74, 6) is 0.725. The van der Waals surface area contributed by atoms with E-state index >= 15 is 0 Å². The lowest BCUT2D eigenvalue weighted by atomic mass is 10.1. The van der Waals surface area contributed by atoms with Gasteiger partial charge in [-0.15, -0.1) is 0 Å². The smallest absolute Gasteiger partial charge is 0.242 e. The first kappa shape index (κ1) is 15.1. The van der Waals surface area contributed by atoms with Crippen molar-refractivity contribution in [1.29, 1.82) is 0 Å². The highest BCUT2D eigenvalue weighted by Crippen LogP contribution is 2.24.